The highest BCUT2D eigenvalue weighted by molar-refractivity contribution is 5.00. The van der Waals surface area contributed by atoms with E-state index in [1.54, 1.807) is 0 Å². The van der Waals surface area contributed by atoms with Gasteiger partial charge < -0.3 is 0 Å². The first-order valence-corrected chi connectivity index (χ1v) is 4.24. The van der Waals surface area contributed by atoms with Crippen molar-refractivity contribution < 1.29 is 0 Å². The van der Waals surface area contributed by atoms with Crippen LogP contribution >= 0.6 is 0 Å². The van der Waals surface area contributed by atoms with Crippen molar-refractivity contribution >= 4 is 0 Å². The molecule has 0 saturated carbocycles. The molecule has 2 nitrogen and oxygen atoms in total. The van der Waals surface area contributed by atoms with Gasteiger partial charge >= 0.3 is 0 Å². The van der Waals surface area contributed by atoms with E-state index in [0.29, 0.717) is 6.04 Å². The van der Waals surface area contributed by atoms with Crippen LogP contribution in [0, 0.1) is 6.92 Å². The quantitative estimate of drug-likeness (QED) is 0.650. The second-order valence-electron chi connectivity index (χ2n) is 3.14. The predicted octanol–water partition coefficient (Wildman–Crippen LogP) is 2.55. The molecule has 0 amide bonds. The van der Waals surface area contributed by atoms with Crippen molar-refractivity contribution in [1.82, 2.24) is 9.78 Å². The van der Waals surface area contributed by atoms with Crippen molar-refractivity contribution in [3.05, 3.63) is 18.0 Å². The third-order valence-electron chi connectivity index (χ3n) is 1.89. The van der Waals surface area contributed by atoms with E-state index in [4.69, 9.17) is 0 Å². The van der Waals surface area contributed by atoms with Crippen molar-refractivity contribution in [2.45, 2.75) is 39.7 Å². The summed E-state index contributed by atoms with van der Waals surface area (Å²) in [4.78, 5) is 0. The summed E-state index contributed by atoms with van der Waals surface area (Å²) in [6.45, 7) is 6.48. The largest absolute Gasteiger partial charge is 0.270 e. The van der Waals surface area contributed by atoms with Crippen LogP contribution in [-0.4, -0.2) is 9.78 Å². The van der Waals surface area contributed by atoms with Crippen LogP contribution in [0.25, 0.3) is 0 Å². The van der Waals surface area contributed by atoms with Crippen molar-refractivity contribution in [2.75, 3.05) is 0 Å². The summed E-state index contributed by atoms with van der Waals surface area (Å²) in [7, 11) is 0. The normalized spacial score (nSPS) is 13.4. The minimum absolute atomic E-state index is 0.550. The minimum atomic E-state index is 0.550. The monoisotopic (exact) mass is 152 g/mol. The lowest BCUT2D eigenvalue weighted by Gasteiger charge is -2.09. The molecule has 0 saturated heterocycles. The van der Waals surface area contributed by atoms with Crippen LogP contribution < -0.4 is 0 Å². The molecule has 0 aliphatic rings. The first-order chi connectivity index (χ1) is 5.24. The fourth-order valence-corrected chi connectivity index (χ4v) is 1.22. The maximum atomic E-state index is 4.25. The Morgan fingerprint density at radius 3 is 2.82 bits per heavy atom. The Kier molecular flexibility index (Phi) is 2.69. The predicted molar refractivity (Wildman–Crippen MR) is 46.6 cm³/mol. The summed E-state index contributed by atoms with van der Waals surface area (Å²) in [5.41, 5.74) is 1.24. The van der Waals surface area contributed by atoms with E-state index in [2.05, 4.69) is 32.1 Å². The molecule has 0 aliphatic carbocycles. The molecule has 0 radical (unpaired) electrons. The van der Waals surface area contributed by atoms with Gasteiger partial charge in [0, 0.05) is 12.2 Å². The van der Waals surface area contributed by atoms with Gasteiger partial charge in [-0.1, -0.05) is 13.3 Å². The molecule has 0 bridgehead atoms. The lowest BCUT2D eigenvalue weighted by Crippen LogP contribution is -2.04. The van der Waals surface area contributed by atoms with Crippen LogP contribution in [0.2, 0.25) is 0 Å². The van der Waals surface area contributed by atoms with Gasteiger partial charge in [0.2, 0.25) is 0 Å². The second-order valence-corrected chi connectivity index (χ2v) is 3.14. The van der Waals surface area contributed by atoms with Crippen LogP contribution in [0.3, 0.4) is 0 Å². The van der Waals surface area contributed by atoms with E-state index >= 15 is 0 Å². The van der Waals surface area contributed by atoms with Gasteiger partial charge in [0.15, 0.2) is 0 Å². The fourth-order valence-electron chi connectivity index (χ4n) is 1.22. The highest BCUT2D eigenvalue weighted by Gasteiger charge is 2.02. The van der Waals surface area contributed by atoms with E-state index in [1.807, 2.05) is 10.9 Å². The lowest BCUT2D eigenvalue weighted by atomic mass is 10.2. The number of rotatable bonds is 3. The van der Waals surface area contributed by atoms with Gasteiger partial charge in [0.1, 0.15) is 0 Å². The zero-order valence-electron chi connectivity index (χ0n) is 7.54. The van der Waals surface area contributed by atoms with E-state index in [9.17, 15) is 0 Å². The molecule has 1 unspecified atom stereocenters. The number of nitrogens with zero attached hydrogens (tertiary/aromatic N) is 2. The van der Waals surface area contributed by atoms with E-state index in [1.165, 1.54) is 18.4 Å². The van der Waals surface area contributed by atoms with Gasteiger partial charge in [-0.2, -0.15) is 5.10 Å². The van der Waals surface area contributed by atoms with E-state index in [0.717, 1.165) is 0 Å². The average molecular weight is 152 g/mol. The van der Waals surface area contributed by atoms with Gasteiger partial charge in [-0.05, 0) is 25.8 Å². The van der Waals surface area contributed by atoms with Gasteiger partial charge in [-0.3, -0.25) is 4.68 Å². The molecule has 0 spiro atoms. The van der Waals surface area contributed by atoms with E-state index in [-0.39, 0.29) is 0 Å². The van der Waals surface area contributed by atoms with E-state index < -0.39 is 0 Å². The molecule has 62 valence electrons. The first kappa shape index (κ1) is 8.31. The van der Waals surface area contributed by atoms with Crippen molar-refractivity contribution in [2.24, 2.45) is 0 Å². The second kappa shape index (κ2) is 3.56. The average Bonchev–Trinajstić information content (AvgIpc) is 2.36. The Balaban J connectivity index is 2.60. The minimum Gasteiger partial charge on any atom is -0.270 e. The molecule has 1 rings (SSSR count). The molecular weight excluding hydrogens is 136 g/mol. The third-order valence-corrected chi connectivity index (χ3v) is 1.89. The number of hydrogen-bond acceptors (Lipinski definition) is 1. The third kappa shape index (κ3) is 2.07. The maximum Gasteiger partial charge on any atom is 0.0519 e. The molecule has 1 atom stereocenters. The molecule has 0 N–H and O–H groups in total. The maximum absolute atomic E-state index is 4.25. The van der Waals surface area contributed by atoms with Crippen LogP contribution in [0.4, 0.5) is 0 Å². The summed E-state index contributed by atoms with van der Waals surface area (Å²) in [5, 5.41) is 4.25. The topological polar surface area (TPSA) is 17.8 Å². The van der Waals surface area contributed by atoms with Gasteiger partial charge in [-0.15, -0.1) is 0 Å². The summed E-state index contributed by atoms with van der Waals surface area (Å²) >= 11 is 0. The standard InChI is InChI=1S/C9H16N2/c1-4-5-9(3)11-7-8(2)6-10-11/h6-7,9H,4-5H2,1-3H3. The van der Waals surface area contributed by atoms with Gasteiger partial charge in [-0.25, -0.2) is 0 Å². The van der Waals surface area contributed by atoms with Crippen LogP contribution in [0.15, 0.2) is 12.4 Å². The number of aryl methyl sites for hydroxylation is 1. The van der Waals surface area contributed by atoms with Gasteiger partial charge in [0.25, 0.3) is 0 Å². The molecule has 0 aromatic carbocycles. The van der Waals surface area contributed by atoms with Crippen molar-refractivity contribution in [3.8, 4) is 0 Å². The summed E-state index contributed by atoms with van der Waals surface area (Å²) < 4.78 is 2.04. The number of hydrogen-bond donors (Lipinski definition) is 0. The summed E-state index contributed by atoms with van der Waals surface area (Å²) in [6, 6.07) is 0.550. The zero-order valence-corrected chi connectivity index (χ0v) is 7.54. The molecule has 1 aromatic heterocycles. The van der Waals surface area contributed by atoms with Crippen LogP contribution in [0.1, 0.15) is 38.3 Å². The molecule has 0 fully saturated rings. The SMILES string of the molecule is CCCC(C)n1cc(C)cn1. The van der Waals surface area contributed by atoms with Crippen molar-refractivity contribution in [1.29, 1.82) is 0 Å². The highest BCUT2D eigenvalue weighted by atomic mass is 15.3. The van der Waals surface area contributed by atoms with Crippen LogP contribution in [0.5, 0.6) is 0 Å². The molecule has 11 heavy (non-hydrogen) atoms. The molecule has 0 aliphatic heterocycles. The Labute approximate surface area is 68.2 Å². The number of aromatic nitrogens is 2. The summed E-state index contributed by atoms with van der Waals surface area (Å²) in [5.74, 6) is 0. The summed E-state index contributed by atoms with van der Waals surface area (Å²) in [6.07, 6.45) is 6.44. The van der Waals surface area contributed by atoms with Gasteiger partial charge in [0.05, 0.1) is 6.20 Å². The Bertz CT molecular complexity index is 215. The van der Waals surface area contributed by atoms with Crippen molar-refractivity contribution in [3.63, 3.8) is 0 Å². The highest BCUT2D eigenvalue weighted by Crippen LogP contribution is 2.11. The Morgan fingerprint density at radius 1 is 1.64 bits per heavy atom. The Hall–Kier alpha value is -0.790. The molecule has 2 heteroatoms. The first-order valence-electron chi connectivity index (χ1n) is 4.24. The fraction of sp³-hybridized carbons (Fsp3) is 0.667. The molecule has 1 heterocycles. The van der Waals surface area contributed by atoms with Crippen LogP contribution in [-0.2, 0) is 0 Å². The molecule has 1 aromatic rings. The lowest BCUT2D eigenvalue weighted by molar-refractivity contribution is 0.454. The smallest absolute Gasteiger partial charge is 0.0519 e. The Morgan fingerprint density at radius 2 is 2.36 bits per heavy atom. The zero-order chi connectivity index (χ0) is 8.27. The molecular formula is C9H16N2.